The van der Waals surface area contributed by atoms with Crippen molar-refractivity contribution in [2.24, 2.45) is 0 Å². The van der Waals surface area contributed by atoms with Crippen molar-refractivity contribution < 1.29 is 34.0 Å². The Morgan fingerprint density at radius 2 is 1.60 bits per heavy atom. The third-order valence-corrected chi connectivity index (χ3v) is 3.93. The van der Waals surface area contributed by atoms with Crippen molar-refractivity contribution in [3.63, 3.8) is 0 Å². The molecule has 164 valence electrons. The van der Waals surface area contributed by atoms with Crippen LogP contribution in [0, 0.1) is 5.82 Å². The molecule has 0 aromatic heterocycles. The molecule has 0 radical (unpaired) electrons. The number of rotatable bonds is 13. The molecule has 30 heavy (non-hydrogen) atoms. The molecule has 0 spiro atoms. The number of halogens is 1. The van der Waals surface area contributed by atoms with Crippen LogP contribution in [0.5, 0.6) is 5.75 Å². The molecule has 0 amide bonds. The summed E-state index contributed by atoms with van der Waals surface area (Å²) in [6.07, 6.45) is 11.3. The Morgan fingerprint density at radius 1 is 1.00 bits per heavy atom. The summed E-state index contributed by atoms with van der Waals surface area (Å²) in [6.45, 7) is 0.0500. The number of ether oxygens (including phenoxy) is 2. The predicted octanol–water partition coefficient (Wildman–Crippen LogP) is 2.86. The van der Waals surface area contributed by atoms with Gasteiger partial charge in [-0.1, -0.05) is 48.6 Å². The summed E-state index contributed by atoms with van der Waals surface area (Å²) in [4.78, 5) is 11.0. The fourth-order valence-electron chi connectivity index (χ4n) is 2.25. The van der Waals surface area contributed by atoms with E-state index in [1.807, 2.05) is 0 Å². The van der Waals surface area contributed by atoms with Crippen LogP contribution in [0.15, 0.2) is 72.9 Å². The first-order valence-electron chi connectivity index (χ1n) is 9.60. The summed E-state index contributed by atoms with van der Waals surface area (Å²) in [7, 11) is 1.31. The second-order valence-corrected chi connectivity index (χ2v) is 6.40. The highest BCUT2D eigenvalue weighted by Crippen LogP contribution is 2.11. The van der Waals surface area contributed by atoms with Crippen LogP contribution in [0.1, 0.15) is 19.3 Å². The van der Waals surface area contributed by atoms with Gasteiger partial charge in [0.25, 0.3) is 0 Å². The molecule has 0 aliphatic carbocycles. The van der Waals surface area contributed by atoms with Gasteiger partial charge in [-0.15, -0.1) is 0 Å². The van der Waals surface area contributed by atoms with Crippen molar-refractivity contribution in [1.29, 1.82) is 0 Å². The fourth-order valence-corrected chi connectivity index (χ4v) is 2.25. The summed E-state index contributed by atoms with van der Waals surface area (Å²) in [6, 6.07) is 5.54. The Kier molecular flexibility index (Phi) is 12.8. The third kappa shape index (κ3) is 12.0. The Labute approximate surface area is 176 Å². The molecule has 1 aromatic carbocycles. The molecule has 0 saturated carbocycles. The van der Waals surface area contributed by atoms with E-state index in [0.717, 1.165) is 0 Å². The number of carbonyl (C=O) groups is 1. The molecule has 0 aliphatic heterocycles. The molecule has 0 heterocycles. The molecule has 1 aromatic rings. The van der Waals surface area contributed by atoms with Crippen LogP contribution in [0.3, 0.4) is 0 Å². The molecule has 0 fully saturated rings. The maximum absolute atomic E-state index is 12.8. The Hall–Kier alpha value is -2.74. The summed E-state index contributed by atoms with van der Waals surface area (Å²) in [5.74, 6) is -0.217. The van der Waals surface area contributed by atoms with E-state index in [4.69, 9.17) is 4.74 Å². The van der Waals surface area contributed by atoms with Gasteiger partial charge >= 0.3 is 5.97 Å². The van der Waals surface area contributed by atoms with Crippen LogP contribution in [-0.4, -0.2) is 53.3 Å². The van der Waals surface area contributed by atoms with E-state index in [9.17, 15) is 24.5 Å². The molecule has 0 bridgehead atoms. The van der Waals surface area contributed by atoms with Gasteiger partial charge in [-0.3, -0.25) is 4.79 Å². The van der Waals surface area contributed by atoms with Gasteiger partial charge in [0.2, 0.25) is 0 Å². The molecule has 0 unspecified atom stereocenters. The molecule has 3 N–H and O–H groups in total. The number of benzene rings is 1. The Morgan fingerprint density at radius 3 is 2.23 bits per heavy atom. The molecule has 7 heteroatoms. The average molecular weight is 420 g/mol. The lowest BCUT2D eigenvalue weighted by molar-refractivity contribution is -0.140. The van der Waals surface area contributed by atoms with Crippen LogP contribution in [-0.2, 0) is 9.53 Å². The van der Waals surface area contributed by atoms with Crippen LogP contribution in [0.25, 0.3) is 0 Å². The number of allylic oxidation sites excluding steroid dienone is 6. The maximum Gasteiger partial charge on any atom is 0.305 e. The van der Waals surface area contributed by atoms with Crippen molar-refractivity contribution in [1.82, 2.24) is 0 Å². The fraction of sp³-hybridized carbons (Fsp3) is 0.348. The van der Waals surface area contributed by atoms with Crippen molar-refractivity contribution in [3.8, 4) is 5.75 Å². The molecule has 0 saturated heterocycles. The van der Waals surface area contributed by atoms with E-state index in [2.05, 4.69) is 4.74 Å². The summed E-state index contributed by atoms with van der Waals surface area (Å²) in [5.41, 5.74) is 0. The second-order valence-electron chi connectivity index (χ2n) is 6.40. The van der Waals surface area contributed by atoms with E-state index in [1.54, 1.807) is 42.5 Å². The number of aliphatic hydroxyl groups is 3. The lowest BCUT2D eigenvalue weighted by Crippen LogP contribution is -2.23. The topological polar surface area (TPSA) is 96.2 Å². The van der Waals surface area contributed by atoms with Gasteiger partial charge in [0.15, 0.2) is 0 Å². The Balaban J connectivity index is 2.23. The first kappa shape index (κ1) is 25.3. The first-order valence-corrected chi connectivity index (χ1v) is 9.60. The second kappa shape index (κ2) is 15.1. The van der Waals surface area contributed by atoms with Crippen LogP contribution in [0.4, 0.5) is 4.39 Å². The molecular formula is C23H29FO6. The summed E-state index contributed by atoms with van der Waals surface area (Å²) < 4.78 is 22.6. The van der Waals surface area contributed by atoms with Crippen molar-refractivity contribution in [3.05, 3.63) is 78.7 Å². The standard InChI is InChI=1S/C23H29FO6/c1-29-23(28)12-8-11-22(27)21(26)10-7-5-3-2-4-6-9-19(25)17-30-20-15-13-18(24)14-16-20/h2-7,9-10,13-16,19,21-22,25-27H,8,11-12,17H2,1H3/b4-2-,5-3+,9-6+,10-7+/t19-,21+,22+/m0/s1. The minimum Gasteiger partial charge on any atom is -0.491 e. The van der Waals surface area contributed by atoms with E-state index >= 15 is 0 Å². The quantitative estimate of drug-likeness (QED) is 0.335. The van der Waals surface area contributed by atoms with Crippen LogP contribution < -0.4 is 4.74 Å². The highest BCUT2D eigenvalue weighted by atomic mass is 19.1. The first-order chi connectivity index (χ1) is 14.4. The number of carbonyl (C=O) groups excluding carboxylic acids is 1. The highest BCUT2D eigenvalue weighted by Gasteiger charge is 2.13. The highest BCUT2D eigenvalue weighted by molar-refractivity contribution is 5.68. The van der Waals surface area contributed by atoms with Gasteiger partial charge in [0, 0.05) is 6.42 Å². The van der Waals surface area contributed by atoms with Gasteiger partial charge < -0.3 is 24.8 Å². The Bertz CT molecular complexity index is 724. The van der Waals surface area contributed by atoms with E-state index in [0.29, 0.717) is 18.6 Å². The normalized spacial score (nSPS) is 15.2. The third-order valence-electron chi connectivity index (χ3n) is 3.93. The zero-order valence-electron chi connectivity index (χ0n) is 16.9. The summed E-state index contributed by atoms with van der Waals surface area (Å²) in [5, 5.41) is 29.4. The predicted molar refractivity (Wildman–Crippen MR) is 112 cm³/mol. The molecule has 3 atom stereocenters. The van der Waals surface area contributed by atoms with Crippen molar-refractivity contribution in [2.75, 3.05) is 13.7 Å². The van der Waals surface area contributed by atoms with Gasteiger partial charge in [0.05, 0.1) is 19.3 Å². The van der Waals surface area contributed by atoms with E-state index in [-0.39, 0.29) is 24.8 Å². The van der Waals surface area contributed by atoms with Crippen LogP contribution >= 0.6 is 0 Å². The minimum atomic E-state index is -1.02. The van der Waals surface area contributed by atoms with Crippen LogP contribution in [0.2, 0.25) is 0 Å². The van der Waals surface area contributed by atoms with Gasteiger partial charge in [-0.2, -0.15) is 0 Å². The zero-order chi connectivity index (χ0) is 22.2. The minimum absolute atomic E-state index is 0.0500. The van der Waals surface area contributed by atoms with E-state index in [1.165, 1.54) is 37.5 Å². The number of hydrogen-bond acceptors (Lipinski definition) is 6. The molecular weight excluding hydrogens is 391 g/mol. The largest absolute Gasteiger partial charge is 0.491 e. The monoisotopic (exact) mass is 420 g/mol. The lowest BCUT2D eigenvalue weighted by Gasteiger charge is -2.13. The number of aliphatic hydroxyl groups excluding tert-OH is 3. The van der Waals surface area contributed by atoms with Gasteiger partial charge in [-0.05, 0) is 37.1 Å². The van der Waals surface area contributed by atoms with Gasteiger partial charge in [0.1, 0.15) is 24.3 Å². The average Bonchev–Trinajstić information content (AvgIpc) is 2.74. The van der Waals surface area contributed by atoms with Crippen molar-refractivity contribution in [2.45, 2.75) is 37.6 Å². The lowest BCUT2D eigenvalue weighted by atomic mass is 10.1. The molecule has 6 nitrogen and oxygen atoms in total. The number of hydrogen-bond donors (Lipinski definition) is 3. The zero-order valence-corrected chi connectivity index (χ0v) is 16.9. The SMILES string of the molecule is COC(=O)CCC[C@@H](O)[C@H](O)/C=C/C=C/C=C\C=C\[C@H](O)COc1ccc(F)cc1. The smallest absolute Gasteiger partial charge is 0.305 e. The maximum atomic E-state index is 12.8. The van der Waals surface area contributed by atoms with E-state index < -0.39 is 18.3 Å². The molecule has 0 aliphatic rings. The van der Waals surface area contributed by atoms with Gasteiger partial charge in [-0.25, -0.2) is 4.39 Å². The van der Waals surface area contributed by atoms with Crippen molar-refractivity contribution >= 4 is 5.97 Å². The molecule has 1 rings (SSSR count). The summed E-state index contributed by atoms with van der Waals surface area (Å²) >= 11 is 0. The number of esters is 1. The number of methoxy groups -OCH3 is 1.